The Morgan fingerprint density at radius 2 is 1.60 bits per heavy atom. The van der Waals surface area contributed by atoms with E-state index < -0.39 is 35.2 Å². The van der Waals surface area contributed by atoms with Gasteiger partial charge in [-0.25, -0.2) is 0 Å². The summed E-state index contributed by atoms with van der Waals surface area (Å²) in [6.45, 7) is 2.32. The van der Waals surface area contributed by atoms with E-state index in [0.717, 1.165) is 39.5 Å². The summed E-state index contributed by atoms with van der Waals surface area (Å²) in [6.07, 6.45) is -1.73. The summed E-state index contributed by atoms with van der Waals surface area (Å²) in [6, 6.07) is 0. The highest BCUT2D eigenvalue weighted by molar-refractivity contribution is 5.21. The second kappa shape index (κ2) is 4.87. The van der Waals surface area contributed by atoms with Crippen LogP contribution in [0.15, 0.2) is 0 Å². The van der Waals surface area contributed by atoms with Crippen LogP contribution in [0.4, 0.5) is 22.0 Å². The minimum Gasteiger partial charge on any atom is -0.354 e. The van der Waals surface area contributed by atoms with E-state index in [1.165, 1.54) is 0 Å². The van der Waals surface area contributed by atoms with Crippen LogP contribution in [0, 0.1) is 23.7 Å². The quantitative estimate of drug-likeness (QED) is 0.648. The molecule has 1 N–H and O–H groups in total. The van der Waals surface area contributed by atoms with E-state index >= 15 is 8.78 Å². The van der Waals surface area contributed by atoms with Crippen LogP contribution in [0.1, 0.15) is 52.4 Å². The zero-order chi connectivity index (χ0) is 18.5. The fourth-order valence-electron chi connectivity index (χ4n) is 6.21. The van der Waals surface area contributed by atoms with Crippen LogP contribution in [-0.2, 0) is 9.47 Å². The van der Waals surface area contributed by atoms with E-state index in [9.17, 15) is 18.3 Å². The highest BCUT2D eigenvalue weighted by Gasteiger charge is 2.86. The zero-order valence-corrected chi connectivity index (χ0v) is 14.2. The Morgan fingerprint density at radius 1 is 1.00 bits per heavy atom. The Bertz CT molecular complexity index is 577. The molecule has 0 radical (unpaired) electrons. The molecule has 144 valence electrons. The molecule has 0 aromatic heterocycles. The first kappa shape index (κ1) is 17.9. The first-order valence-electron chi connectivity index (χ1n) is 8.92. The maximum Gasteiger partial charge on any atom is 0.449 e. The molecule has 3 aliphatic carbocycles. The van der Waals surface area contributed by atoms with Crippen LogP contribution in [0.5, 0.6) is 0 Å². The van der Waals surface area contributed by atoms with E-state index in [-0.39, 0.29) is 24.2 Å². The molecule has 1 saturated heterocycles. The van der Waals surface area contributed by atoms with Gasteiger partial charge in [-0.15, -0.1) is 0 Å². The molecular weight excluding hydrogens is 347 g/mol. The molecule has 25 heavy (non-hydrogen) atoms. The molecule has 1 heterocycles. The summed E-state index contributed by atoms with van der Waals surface area (Å²) in [4.78, 5) is 0. The molecule has 8 heteroatoms. The average Bonchev–Trinajstić information content (AvgIpc) is 3.00. The SMILES string of the molecule is CC1(C)OC2(CC3CC2C2CCCCC32)C(F)(F)C(O)(C(F)(F)F)O1. The molecule has 1 aliphatic heterocycles. The van der Waals surface area contributed by atoms with E-state index in [1.54, 1.807) is 0 Å². The van der Waals surface area contributed by atoms with E-state index in [0.29, 0.717) is 6.42 Å². The van der Waals surface area contributed by atoms with E-state index in [1.807, 2.05) is 0 Å². The zero-order valence-electron chi connectivity index (χ0n) is 14.2. The lowest BCUT2D eigenvalue weighted by Gasteiger charge is -2.59. The van der Waals surface area contributed by atoms with Crippen LogP contribution in [0.25, 0.3) is 0 Å². The van der Waals surface area contributed by atoms with Gasteiger partial charge in [-0.05, 0) is 63.2 Å². The van der Waals surface area contributed by atoms with Gasteiger partial charge in [0.25, 0.3) is 0 Å². The third-order valence-corrected chi connectivity index (χ3v) is 6.88. The number of hydrogen-bond acceptors (Lipinski definition) is 3. The van der Waals surface area contributed by atoms with Gasteiger partial charge in [0.2, 0.25) is 0 Å². The molecule has 6 unspecified atom stereocenters. The van der Waals surface area contributed by atoms with Crippen molar-refractivity contribution < 1.29 is 36.5 Å². The van der Waals surface area contributed by atoms with Gasteiger partial charge in [0, 0.05) is 0 Å². The maximum atomic E-state index is 15.2. The molecule has 4 rings (SSSR count). The van der Waals surface area contributed by atoms with Gasteiger partial charge in [-0.1, -0.05) is 12.8 Å². The van der Waals surface area contributed by atoms with Crippen molar-refractivity contribution >= 4 is 0 Å². The van der Waals surface area contributed by atoms with Crippen molar-refractivity contribution in [2.24, 2.45) is 23.7 Å². The van der Waals surface area contributed by atoms with Crippen LogP contribution in [0.2, 0.25) is 0 Å². The standard InChI is InChI=1S/C17H23F5O3/c1-13(2)24-14(15(18,19)16(23,25-13)17(20,21)22)8-9-7-12(14)11-6-4-3-5-10(9)11/h9-12,23H,3-8H2,1-2H3. The van der Waals surface area contributed by atoms with Crippen LogP contribution >= 0.6 is 0 Å². The summed E-state index contributed by atoms with van der Waals surface area (Å²) in [5.41, 5.74) is -2.33. The normalized spacial score (nSPS) is 50.9. The molecule has 4 fully saturated rings. The maximum absolute atomic E-state index is 15.2. The van der Waals surface area contributed by atoms with Crippen LogP contribution in [0.3, 0.4) is 0 Å². The lowest BCUT2D eigenvalue weighted by molar-refractivity contribution is -0.548. The summed E-state index contributed by atoms with van der Waals surface area (Å²) >= 11 is 0. The van der Waals surface area contributed by atoms with Crippen molar-refractivity contribution in [1.29, 1.82) is 0 Å². The smallest absolute Gasteiger partial charge is 0.354 e. The van der Waals surface area contributed by atoms with Crippen molar-refractivity contribution in [3.8, 4) is 0 Å². The molecule has 0 amide bonds. The Kier molecular flexibility index (Phi) is 3.49. The number of aliphatic hydroxyl groups is 1. The summed E-state index contributed by atoms with van der Waals surface area (Å²) < 4.78 is 80.9. The molecular formula is C17H23F5O3. The molecule has 4 aliphatic rings. The number of alkyl halides is 5. The Balaban J connectivity index is 1.81. The fraction of sp³-hybridized carbons (Fsp3) is 1.00. The number of hydrogen-bond donors (Lipinski definition) is 1. The molecule has 6 atom stereocenters. The molecule has 0 aromatic rings. The molecule has 0 aromatic carbocycles. The Hall–Kier alpha value is -0.470. The predicted molar refractivity (Wildman–Crippen MR) is 76.6 cm³/mol. The summed E-state index contributed by atoms with van der Waals surface area (Å²) in [5.74, 6) is -11.6. The van der Waals surface area contributed by atoms with Crippen molar-refractivity contribution in [1.82, 2.24) is 0 Å². The lowest BCUT2D eigenvalue weighted by atomic mass is 9.62. The first-order chi connectivity index (χ1) is 11.3. The van der Waals surface area contributed by atoms with Gasteiger partial charge in [0.1, 0.15) is 5.60 Å². The fourth-order valence-corrected chi connectivity index (χ4v) is 6.21. The third kappa shape index (κ3) is 2.07. The number of rotatable bonds is 0. The second-order valence-electron chi connectivity index (χ2n) is 8.63. The van der Waals surface area contributed by atoms with Crippen molar-refractivity contribution in [3.63, 3.8) is 0 Å². The van der Waals surface area contributed by atoms with Gasteiger partial charge >= 0.3 is 17.9 Å². The van der Waals surface area contributed by atoms with Crippen LogP contribution in [-0.4, -0.2) is 34.4 Å². The van der Waals surface area contributed by atoms with Crippen LogP contribution < -0.4 is 0 Å². The van der Waals surface area contributed by atoms with Crippen molar-refractivity contribution in [2.45, 2.75) is 81.6 Å². The molecule has 2 bridgehead atoms. The highest BCUT2D eigenvalue weighted by atomic mass is 19.4. The average molecular weight is 370 g/mol. The Labute approximate surface area is 142 Å². The number of halogens is 5. The number of ether oxygens (including phenoxy) is 2. The summed E-state index contributed by atoms with van der Waals surface area (Å²) in [5, 5.41) is 10.0. The highest BCUT2D eigenvalue weighted by Crippen LogP contribution is 2.70. The first-order valence-corrected chi connectivity index (χ1v) is 8.92. The minimum atomic E-state index is -5.63. The third-order valence-electron chi connectivity index (χ3n) is 6.88. The Morgan fingerprint density at radius 3 is 2.20 bits per heavy atom. The largest absolute Gasteiger partial charge is 0.449 e. The topological polar surface area (TPSA) is 38.7 Å². The van der Waals surface area contributed by atoms with Crippen molar-refractivity contribution in [2.75, 3.05) is 0 Å². The molecule has 3 saturated carbocycles. The predicted octanol–water partition coefficient (Wildman–Crippen LogP) is 4.24. The second-order valence-corrected chi connectivity index (χ2v) is 8.63. The van der Waals surface area contributed by atoms with Crippen molar-refractivity contribution in [3.05, 3.63) is 0 Å². The minimum absolute atomic E-state index is 0.0650. The summed E-state index contributed by atoms with van der Waals surface area (Å²) in [7, 11) is 0. The molecule has 3 nitrogen and oxygen atoms in total. The van der Waals surface area contributed by atoms with E-state index in [2.05, 4.69) is 4.74 Å². The van der Waals surface area contributed by atoms with Gasteiger partial charge in [0.05, 0.1) is 0 Å². The van der Waals surface area contributed by atoms with E-state index in [4.69, 9.17) is 4.74 Å². The van der Waals surface area contributed by atoms with Gasteiger partial charge < -0.3 is 14.6 Å². The number of fused-ring (bicyclic) bond motifs is 6. The molecule has 1 spiro atoms. The van der Waals surface area contributed by atoms with Gasteiger partial charge in [0.15, 0.2) is 5.79 Å². The van der Waals surface area contributed by atoms with Gasteiger partial charge in [-0.2, -0.15) is 22.0 Å². The lowest BCUT2D eigenvalue weighted by Crippen LogP contribution is -2.78. The monoisotopic (exact) mass is 370 g/mol. The van der Waals surface area contributed by atoms with Gasteiger partial charge in [-0.3, -0.25) is 0 Å².